The monoisotopic (exact) mass is 304 g/mol. The molecule has 6 heteroatoms. The molecule has 0 unspecified atom stereocenters. The molecule has 118 valence electrons. The van der Waals surface area contributed by atoms with Gasteiger partial charge in [0, 0.05) is 25.2 Å². The molecule has 1 aromatic rings. The minimum atomic E-state index is -0.892. The third kappa shape index (κ3) is 3.84. The first kappa shape index (κ1) is 16.0. The fourth-order valence-corrected chi connectivity index (χ4v) is 2.48. The maximum Gasteiger partial charge on any atom is 0.303 e. The highest BCUT2D eigenvalue weighted by molar-refractivity contribution is 6.09. The Bertz CT molecular complexity index is 568. The standard InChI is InChI=1S/C16H20N2O4/c1-11-4-6-12(7-5-11)18-10-8-13(16(18)22)15(21)17-9-2-3-14(19)20/h4-7,13H,2-3,8-10H2,1H3,(H,17,21)(H,19,20)/t13-/m0/s1. The summed E-state index contributed by atoms with van der Waals surface area (Å²) < 4.78 is 0. The van der Waals surface area contributed by atoms with Gasteiger partial charge in [0.25, 0.3) is 0 Å². The van der Waals surface area contributed by atoms with Gasteiger partial charge in [-0.05, 0) is 31.9 Å². The topological polar surface area (TPSA) is 86.7 Å². The molecule has 1 aliphatic heterocycles. The number of anilines is 1. The predicted octanol–water partition coefficient (Wildman–Crippen LogP) is 1.33. The van der Waals surface area contributed by atoms with Gasteiger partial charge in [0.2, 0.25) is 11.8 Å². The van der Waals surface area contributed by atoms with E-state index < -0.39 is 11.9 Å². The lowest BCUT2D eigenvalue weighted by atomic mass is 10.1. The van der Waals surface area contributed by atoms with E-state index in [0.29, 0.717) is 19.4 Å². The minimum Gasteiger partial charge on any atom is -0.481 e. The van der Waals surface area contributed by atoms with Crippen molar-refractivity contribution in [3.8, 4) is 0 Å². The number of amides is 2. The van der Waals surface area contributed by atoms with E-state index >= 15 is 0 Å². The number of carbonyl (C=O) groups excluding carboxylic acids is 2. The molecule has 1 heterocycles. The second kappa shape index (κ2) is 7.06. The van der Waals surface area contributed by atoms with Gasteiger partial charge in [0.1, 0.15) is 5.92 Å². The fraction of sp³-hybridized carbons (Fsp3) is 0.438. The van der Waals surface area contributed by atoms with Crippen LogP contribution in [0.5, 0.6) is 0 Å². The molecule has 1 saturated heterocycles. The molecule has 2 N–H and O–H groups in total. The molecule has 1 aromatic carbocycles. The first-order valence-corrected chi connectivity index (χ1v) is 7.36. The summed E-state index contributed by atoms with van der Waals surface area (Å²) in [5, 5.41) is 11.2. The minimum absolute atomic E-state index is 0.00832. The Morgan fingerprint density at radius 1 is 1.32 bits per heavy atom. The van der Waals surface area contributed by atoms with Gasteiger partial charge in [-0.2, -0.15) is 0 Å². The molecule has 0 radical (unpaired) electrons. The van der Waals surface area contributed by atoms with Crippen molar-refractivity contribution in [2.24, 2.45) is 5.92 Å². The van der Waals surface area contributed by atoms with Gasteiger partial charge in [-0.3, -0.25) is 14.4 Å². The average Bonchev–Trinajstić information content (AvgIpc) is 2.86. The summed E-state index contributed by atoms with van der Waals surface area (Å²) >= 11 is 0. The fourth-order valence-electron chi connectivity index (χ4n) is 2.48. The van der Waals surface area contributed by atoms with Gasteiger partial charge in [-0.15, -0.1) is 0 Å². The van der Waals surface area contributed by atoms with Crippen LogP contribution in [0.15, 0.2) is 24.3 Å². The maximum absolute atomic E-state index is 12.3. The van der Waals surface area contributed by atoms with Crippen LogP contribution in [0, 0.1) is 12.8 Å². The molecule has 1 aliphatic rings. The van der Waals surface area contributed by atoms with Crippen LogP contribution in [-0.2, 0) is 14.4 Å². The lowest BCUT2D eigenvalue weighted by Gasteiger charge is -2.17. The first-order chi connectivity index (χ1) is 10.5. The molecule has 2 amide bonds. The third-order valence-corrected chi connectivity index (χ3v) is 3.73. The van der Waals surface area contributed by atoms with Crippen molar-refractivity contribution in [3.05, 3.63) is 29.8 Å². The number of carboxylic acids is 1. The molecular weight excluding hydrogens is 284 g/mol. The Labute approximate surface area is 129 Å². The molecule has 0 spiro atoms. The predicted molar refractivity (Wildman–Crippen MR) is 81.5 cm³/mol. The Morgan fingerprint density at radius 3 is 2.64 bits per heavy atom. The van der Waals surface area contributed by atoms with E-state index in [1.54, 1.807) is 4.90 Å². The van der Waals surface area contributed by atoms with E-state index in [-0.39, 0.29) is 24.8 Å². The quantitative estimate of drug-likeness (QED) is 0.613. The molecule has 0 saturated carbocycles. The van der Waals surface area contributed by atoms with Crippen LogP contribution in [0.1, 0.15) is 24.8 Å². The zero-order chi connectivity index (χ0) is 16.1. The first-order valence-electron chi connectivity index (χ1n) is 7.36. The van der Waals surface area contributed by atoms with Crippen molar-refractivity contribution < 1.29 is 19.5 Å². The lowest BCUT2D eigenvalue weighted by molar-refractivity contribution is -0.137. The van der Waals surface area contributed by atoms with Crippen molar-refractivity contribution in [3.63, 3.8) is 0 Å². The summed E-state index contributed by atoms with van der Waals surface area (Å²) in [6.07, 6.45) is 0.857. The van der Waals surface area contributed by atoms with Crippen LogP contribution in [-0.4, -0.2) is 36.0 Å². The summed E-state index contributed by atoms with van der Waals surface area (Å²) in [6, 6.07) is 7.62. The summed E-state index contributed by atoms with van der Waals surface area (Å²) in [5.41, 5.74) is 1.92. The summed E-state index contributed by atoms with van der Waals surface area (Å²) in [5.74, 6) is -2.08. The van der Waals surface area contributed by atoms with Gasteiger partial charge >= 0.3 is 5.97 Å². The van der Waals surface area contributed by atoms with Crippen molar-refractivity contribution in [2.75, 3.05) is 18.0 Å². The molecule has 1 atom stereocenters. The molecular formula is C16H20N2O4. The Morgan fingerprint density at radius 2 is 2.00 bits per heavy atom. The highest BCUT2D eigenvalue weighted by atomic mass is 16.4. The maximum atomic E-state index is 12.3. The van der Waals surface area contributed by atoms with E-state index in [1.165, 1.54) is 0 Å². The van der Waals surface area contributed by atoms with Crippen LogP contribution in [0.2, 0.25) is 0 Å². The molecule has 0 aromatic heterocycles. The Balaban J connectivity index is 1.89. The van der Waals surface area contributed by atoms with Crippen LogP contribution in [0.4, 0.5) is 5.69 Å². The van der Waals surface area contributed by atoms with Crippen LogP contribution >= 0.6 is 0 Å². The number of aryl methyl sites for hydroxylation is 1. The third-order valence-electron chi connectivity index (χ3n) is 3.73. The van der Waals surface area contributed by atoms with Crippen molar-refractivity contribution in [1.82, 2.24) is 5.32 Å². The summed E-state index contributed by atoms with van der Waals surface area (Å²) in [7, 11) is 0. The van der Waals surface area contributed by atoms with E-state index in [0.717, 1.165) is 11.3 Å². The summed E-state index contributed by atoms with van der Waals surface area (Å²) in [4.78, 5) is 36.4. The number of rotatable bonds is 6. The van der Waals surface area contributed by atoms with Crippen LogP contribution in [0.3, 0.4) is 0 Å². The van der Waals surface area contributed by atoms with Crippen molar-refractivity contribution in [1.29, 1.82) is 0 Å². The molecule has 6 nitrogen and oxygen atoms in total. The second-order valence-electron chi connectivity index (χ2n) is 5.46. The highest BCUT2D eigenvalue weighted by Crippen LogP contribution is 2.25. The highest BCUT2D eigenvalue weighted by Gasteiger charge is 2.37. The van der Waals surface area contributed by atoms with E-state index in [1.807, 2.05) is 31.2 Å². The zero-order valence-electron chi connectivity index (χ0n) is 12.5. The number of carbonyl (C=O) groups is 3. The number of nitrogens with zero attached hydrogens (tertiary/aromatic N) is 1. The number of nitrogens with one attached hydrogen (secondary N) is 1. The van der Waals surface area contributed by atoms with Gasteiger partial charge in [-0.25, -0.2) is 0 Å². The second-order valence-corrected chi connectivity index (χ2v) is 5.46. The number of benzene rings is 1. The zero-order valence-corrected chi connectivity index (χ0v) is 12.5. The van der Waals surface area contributed by atoms with Gasteiger partial charge in [0.05, 0.1) is 0 Å². The number of carboxylic acid groups (broad SMARTS) is 1. The van der Waals surface area contributed by atoms with Gasteiger partial charge in [0.15, 0.2) is 0 Å². The Kier molecular flexibility index (Phi) is 5.14. The van der Waals surface area contributed by atoms with Gasteiger partial charge in [-0.1, -0.05) is 17.7 Å². The largest absolute Gasteiger partial charge is 0.481 e. The molecule has 2 rings (SSSR count). The molecule has 0 bridgehead atoms. The normalized spacial score (nSPS) is 17.6. The number of hydrogen-bond donors (Lipinski definition) is 2. The van der Waals surface area contributed by atoms with E-state index in [9.17, 15) is 14.4 Å². The van der Waals surface area contributed by atoms with E-state index in [2.05, 4.69) is 5.32 Å². The van der Waals surface area contributed by atoms with Crippen molar-refractivity contribution >= 4 is 23.5 Å². The van der Waals surface area contributed by atoms with Crippen LogP contribution in [0.25, 0.3) is 0 Å². The van der Waals surface area contributed by atoms with Crippen LogP contribution < -0.4 is 10.2 Å². The van der Waals surface area contributed by atoms with Gasteiger partial charge < -0.3 is 15.3 Å². The SMILES string of the molecule is Cc1ccc(N2CC[C@@H](C(=O)NCCCC(=O)O)C2=O)cc1. The lowest BCUT2D eigenvalue weighted by Crippen LogP contribution is -2.37. The van der Waals surface area contributed by atoms with E-state index in [4.69, 9.17) is 5.11 Å². The molecule has 0 aliphatic carbocycles. The summed E-state index contributed by atoms with van der Waals surface area (Å²) in [6.45, 7) is 2.78. The number of aliphatic carboxylic acids is 1. The molecule has 1 fully saturated rings. The number of hydrogen-bond acceptors (Lipinski definition) is 3. The average molecular weight is 304 g/mol. The van der Waals surface area contributed by atoms with Crippen molar-refractivity contribution in [2.45, 2.75) is 26.2 Å². The molecule has 22 heavy (non-hydrogen) atoms. The Hall–Kier alpha value is -2.37. The smallest absolute Gasteiger partial charge is 0.303 e.